The first-order valence-corrected chi connectivity index (χ1v) is 8.26. The molecular formula is C19H34O3. The smallest absolute Gasteiger partial charge is 0.311 e. The van der Waals surface area contributed by atoms with Crippen molar-refractivity contribution in [1.82, 2.24) is 0 Å². The van der Waals surface area contributed by atoms with Gasteiger partial charge in [-0.2, -0.15) is 0 Å². The Morgan fingerprint density at radius 3 is 2.27 bits per heavy atom. The molecule has 0 aromatic heterocycles. The number of unbranched alkanes of at least 4 members (excludes halogenated alkanes) is 1. The Morgan fingerprint density at radius 2 is 1.73 bits per heavy atom. The molecule has 0 amide bonds. The van der Waals surface area contributed by atoms with Gasteiger partial charge in [0, 0.05) is 0 Å². The third-order valence-electron chi connectivity index (χ3n) is 3.15. The predicted molar refractivity (Wildman–Crippen MR) is 92.6 cm³/mol. The fourth-order valence-electron chi connectivity index (χ4n) is 2.12. The Morgan fingerprint density at radius 1 is 1.14 bits per heavy atom. The summed E-state index contributed by atoms with van der Waals surface area (Å²) in [5, 5.41) is 10.2. The minimum absolute atomic E-state index is 0.149. The quantitative estimate of drug-likeness (QED) is 0.383. The highest BCUT2D eigenvalue weighted by Crippen LogP contribution is 2.20. The molecule has 0 aromatic rings. The number of hydrogen-bond donors (Lipinski definition) is 1. The van der Waals surface area contributed by atoms with Gasteiger partial charge in [0.2, 0.25) is 0 Å². The Labute approximate surface area is 136 Å². The number of allylic oxidation sites excluding steroid dienone is 3. The first-order chi connectivity index (χ1) is 10.0. The fraction of sp³-hybridized carbons (Fsp3) is 0.737. The van der Waals surface area contributed by atoms with Crippen LogP contribution < -0.4 is 0 Å². The second-order valence-electron chi connectivity index (χ2n) is 7.68. The number of carbonyl (C=O) groups excluding carboxylic acids is 1. The summed E-state index contributed by atoms with van der Waals surface area (Å²) in [5.74, 6) is 0.346. The molecule has 0 rings (SSSR count). The fourth-order valence-corrected chi connectivity index (χ4v) is 2.12. The molecule has 0 aliphatic rings. The van der Waals surface area contributed by atoms with Gasteiger partial charge in [0.05, 0.1) is 17.6 Å². The molecule has 0 bridgehead atoms. The lowest BCUT2D eigenvalue weighted by Gasteiger charge is -2.23. The molecule has 1 N–H and O–H groups in total. The van der Waals surface area contributed by atoms with E-state index in [-0.39, 0.29) is 5.97 Å². The monoisotopic (exact) mass is 310 g/mol. The maximum atomic E-state index is 11.5. The normalized spacial score (nSPS) is 15.6. The first-order valence-electron chi connectivity index (χ1n) is 8.26. The summed E-state index contributed by atoms with van der Waals surface area (Å²) in [4.78, 5) is 11.5. The van der Waals surface area contributed by atoms with Crippen LogP contribution in [0.25, 0.3) is 0 Å². The van der Waals surface area contributed by atoms with Crippen LogP contribution in [-0.4, -0.2) is 23.3 Å². The van der Waals surface area contributed by atoms with Crippen molar-refractivity contribution in [3.8, 4) is 0 Å². The van der Waals surface area contributed by atoms with Gasteiger partial charge < -0.3 is 9.84 Å². The highest BCUT2D eigenvalue weighted by Gasteiger charge is 2.22. The van der Waals surface area contributed by atoms with Crippen molar-refractivity contribution in [2.45, 2.75) is 72.8 Å². The topological polar surface area (TPSA) is 46.5 Å². The van der Waals surface area contributed by atoms with Crippen molar-refractivity contribution < 1.29 is 14.6 Å². The molecular weight excluding hydrogens is 276 g/mol. The van der Waals surface area contributed by atoms with Gasteiger partial charge >= 0.3 is 5.97 Å². The third-order valence-corrected chi connectivity index (χ3v) is 3.15. The van der Waals surface area contributed by atoms with Crippen LogP contribution in [0.4, 0.5) is 0 Å². The van der Waals surface area contributed by atoms with Gasteiger partial charge in [-0.05, 0) is 59.3 Å². The number of hydrogen-bond acceptors (Lipinski definition) is 3. The van der Waals surface area contributed by atoms with Crippen LogP contribution in [-0.2, 0) is 9.53 Å². The van der Waals surface area contributed by atoms with Crippen molar-refractivity contribution in [1.29, 1.82) is 0 Å². The van der Waals surface area contributed by atoms with Gasteiger partial charge in [-0.25, -0.2) is 0 Å². The largest absolute Gasteiger partial charge is 0.465 e. The third kappa shape index (κ3) is 11.6. The van der Waals surface area contributed by atoms with E-state index < -0.39 is 11.0 Å². The summed E-state index contributed by atoms with van der Waals surface area (Å²) in [6.07, 6.45) is 11.2. The van der Waals surface area contributed by atoms with E-state index in [0.29, 0.717) is 18.9 Å². The summed E-state index contributed by atoms with van der Waals surface area (Å²) >= 11 is 0. The molecule has 0 spiro atoms. The minimum Gasteiger partial charge on any atom is -0.465 e. The molecule has 22 heavy (non-hydrogen) atoms. The molecule has 128 valence electrons. The van der Waals surface area contributed by atoms with Crippen LogP contribution in [0.5, 0.6) is 0 Å². The van der Waals surface area contributed by atoms with E-state index in [4.69, 9.17) is 4.74 Å². The standard InChI is InChI=1S/C19H34O3/c1-16(2)15-19(6,21)13-11-9-7-8-10-12-14-22-17(20)18(3,4)5/h7-9,11,16,21H,10,12-15H2,1-6H3/b8-7+,11-9-. The molecule has 0 heterocycles. The molecule has 1 atom stereocenters. The lowest BCUT2D eigenvalue weighted by molar-refractivity contribution is -0.153. The molecule has 0 saturated heterocycles. The molecule has 0 aliphatic carbocycles. The van der Waals surface area contributed by atoms with E-state index in [1.165, 1.54) is 0 Å². The van der Waals surface area contributed by atoms with Crippen molar-refractivity contribution in [2.75, 3.05) is 6.61 Å². The Hall–Kier alpha value is -1.09. The highest BCUT2D eigenvalue weighted by atomic mass is 16.5. The average Bonchev–Trinajstić information content (AvgIpc) is 2.33. The lowest BCUT2D eigenvalue weighted by Crippen LogP contribution is -2.25. The predicted octanol–water partition coefficient (Wildman–Crippen LogP) is 4.66. The SMILES string of the molecule is CC(C)CC(C)(O)C/C=C\C=C\CCCOC(=O)C(C)(C)C. The zero-order valence-corrected chi connectivity index (χ0v) is 15.2. The second-order valence-corrected chi connectivity index (χ2v) is 7.68. The van der Waals surface area contributed by atoms with E-state index in [9.17, 15) is 9.90 Å². The Kier molecular flexibility index (Phi) is 9.34. The molecule has 0 aromatic carbocycles. The van der Waals surface area contributed by atoms with Gasteiger partial charge in [0.25, 0.3) is 0 Å². The van der Waals surface area contributed by atoms with Crippen LogP contribution in [0.15, 0.2) is 24.3 Å². The summed E-state index contributed by atoms with van der Waals surface area (Å²) in [7, 11) is 0. The molecule has 0 fully saturated rings. The molecule has 3 heteroatoms. The molecule has 3 nitrogen and oxygen atoms in total. The van der Waals surface area contributed by atoms with E-state index in [1.807, 2.05) is 45.9 Å². The Bertz CT molecular complexity index is 371. The van der Waals surface area contributed by atoms with E-state index in [0.717, 1.165) is 19.3 Å². The summed E-state index contributed by atoms with van der Waals surface area (Å²) in [6.45, 7) is 12.1. The molecule has 1 unspecified atom stereocenters. The Balaban J connectivity index is 3.79. The average molecular weight is 310 g/mol. The van der Waals surface area contributed by atoms with E-state index in [2.05, 4.69) is 19.9 Å². The van der Waals surface area contributed by atoms with Crippen LogP contribution >= 0.6 is 0 Å². The summed E-state index contributed by atoms with van der Waals surface area (Å²) in [5.41, 5.74) is -1.05. The number of esters is 1. The first kappa shape index (κ1) is 20.9. The minimum atomic E-state index is -0.625. The van der Waals surface area contributed by atoms with Crippen molar-refractivity contribution >= 4 is 5.97 Å². The van der Waals surface area contributed by atoms with Gasteiger partial charge in [-0.15, -0.1) is 0 Å². The van der Waals surface area contributed by atoms with Gasteiger partial charge in [-0.3, -0.25) is 4.79 Å². The number of ether oxygens (including phenoxy) is 1. The van der Waals surface area contributed by atoms with E-state index >= 15 is 0 Å². The summed E-state index contributed by atoms with van der Waals surface area (Å²) < 4.78 is 5.19. The van der Waals surface area contributed by atoms with Gasteiger partial charge in [-0.1, -0.05) is 38.2 Å². The maximum absolute atomic E-state index is 11.5. The van der Waals surface area contributed by atoms with Crippen molar-refractivity contribution in [2.24, 2.45) is 11.3 Å². The number of carbonyl (C=O) groups is 1. The molecule has 0 radical (unpaired) electrons. The number of rotatable bonds is 9. The van der Waals surface area contributed by atoms with E-state index in [1.54, 1.807) is 0 Å². The summed E-state index contributed by atoms with van der Waals surface area (Å²) in [6, 6.07) is 0. The van der Waals surface area contributed by atoms with Gasteiger partial charge in [0.1, 0.15) is 0 Å². The lowest BCUT2D eigenvalue weighted by atomic mass is 9.91. The second kappa shape index (κ2) is 9.83. The van der Waals surface area contributed by atoms with Crippen LogP contribution in [0.2, 0.25) is 0 Å². The molecule has 0 aliphatic heterocycles. The van der Waals surface area contributed by atoms with Crippen molar-refractivity contribution in [3.63, 3.8) is 0 Å². The van der Waals surface area contributed by atoms with Crippen molar-refractivity contribution in [3.05, 3.63) is 24.3 Å². The highest BCUT2D eigenvalue weighted by molar-refractivity contribution is 5.75. The van der Waals surface area contributed by atoms with Gasteiger partial charge in [0.15, 0.2) is 0 Å². The zero-order chi connectivity index (χ0) is 17.2. The van der Waals surface area contributed by atoms with Crippen LogP contribution in [0.1, 0.15) is 67.2 Å². The van der Waals surface area contributed by atoms with Crippen LogP contribution in [0, 0.1) is 11.3 Å². The zero-order valence-electron chi connectivity index (χ0n) is 15.2. The molecule has 0 saturated carbocycles. The maximum Gasteiger partial charge on any atom is 0.311 e. The van der Waals surface area contributed by atoms with Crippen LogP contribution in [0.3, 0.4) is 0 Å². The number of aliphatic hydroxyl groups is 1.